The summed E-state index contributed by atoms with van der Waals surface area (Å²) >= 11 is 1.55. The summed E-state index contributed by atoms with van der Waals surface area (Å²) in [6.07, 6.45) is 8.99. The van der Waals surface area contributed by atoms with E-state index in [0.717, 1.165) is 59.0 Å². The molecule has 2 aromatic heterocycles. The molecular weight excluding hydrogens is 380 g/mol. The molecule has 1 saturated carbocycles. The van der Waals surface area contributed by atoms with E-state index >= 15 is 0 Å². The van der Waals surface area contributed by atoms with E-state index in [-0.39, 0.29) is 11.3 Å². The molecule has 5 nitrogen and oxygen atoms in total. The second-order valence-corrected chi connectivity index (χ2v) is 8.87. The molecule has 1 amide bonds. The maximum Gasteiger partial charge on any atom is 0.230 e. The van der Waals surface area contributed by atoms with Crippen molar-refractivity contribution in [3.8, 4) is 11.3 Å². The second-order valence-electron chi connectivity index (χ2n) is 8.01. The van der Waals surface area contributed by atoms with Crippen LogP contribution in [0.5, 0.6) is 0 Å². The number of hydrogen-bond acceptors (Lipinski definition) is 5. The molecule has 3 aromatic rings. The summed E-state index contributed by atoms with van der Waals surface area (Å²) in [5.41, 5.74) is 4.51. The quantitative estimate of drug-likeness (QED) is 0.532. The van der Waals surface area contributed by atoms with E-state index in [1.165, 1.54) is 6.42 Å². The number of nitrogens with one attached hydrogen (secondary N) is 2. The first kappa shape index (κ1) is 19.6. The van der Waals surface area contributed by atoms with Crippen LogP contribution in [-0.4, -0.2) is 15.9 Å². The molecule has 150 valence electrons. The van der Waals surface area contributed by atoms with Gasteiger partial charge < -0.3 is 10.6 Å². The predicted molar refractivity (Wildman–Crippen MR) is 120 cm³/mol. The highest BCUT2D eigenvalue weighted by atomic mass is 32.1. The van der Waals surface area contributed by atoms with Gasteiger partial charge in [-0.3, -0.25) is 9.78 Å². The summed E-state index contributed by atoms with van der Waals surface area (Å²) in [6, 6.07) is 9.89. The summed E-state index contributed by atoms with van der Waals surface area (Å²) < 4.78 is 0. The van der Waals surface area contributed by atoms with Gasteiger partial charge in [-0.25, -0.2) is 4.98 Å². The largest absolute Gasteiger partial charge is 0.331 e. The van der Waals surface area contributed by atoms with Gasteiger partial charge in [0.2, 0.25) is 5.91 Å². The smallest absolute Gasteiger partial charge is 0.230 e. The van der Waals surface area contributed by atoms with Gasteiger partial charge in [-0.2, -0.15) is 0 Å². The van der Waals surface area contributed by atoms with Crippen molar-refractivity contribution in [2.75, 3.05) is 10.6 Å². The molecule has 6 heteroatoms. The van der Waals surface area contributed by atoms with E-state index in [1.54, 1.807) is 17.5 Å². The fourth-order valence-corrected chi connectivity index (χ4v) is 4.50. The highest BCUT2D eigenvalue weighted by molar-refractivity contribution is 7.14. The van der Waals surface area contributed by atoms with E-state index in [9.17, 15) is 4.79 Å². The summed E-state index contributed by atoms with van der Waals surface area (Å²) in [5, 5.41) is 9.37. The molecule has 2 N–H and O–H groups in total. The number of carbonyl (C=O) groups excluding carboxylic acids is 1. The standard InChI is InChI=1S/C23H26N4OS/c1-16-8-9-18(25-21(28)23(2)10-4-3-5-11-23)13-19(16)26-22-27-20(15-29-22)17-7-6-12-24-14-17/h6-9,12-15H,3-5,10-11H2,1-2H3,(H,25,28)(H,26,27). The van der Waals surface area contributed by atoms with Gasteiger partial charge in [0, 0.05) is 40.1 Å². The summed E-state index contributed by atoms with van der Waals surface area (Å²) in [4.78, 5) is 21.7. The number of nitrogens with zero attached hydrogens (tertiary/aromatic N) is 2. The van der Waals surface area contributed by atoms with Crippen molar-refractivity contribution in [1.29, 1.82) is 0 Å². The number of carbonyl (C=O) groups is 1. The Morgan fingerprint density at radius 3 is 2.76 bits per heavy atom. The van der Waals surface area contributed by atoms with Crippen LogP contribution in [0.15, 0.2) is 48.1 Å². The number of rotatable bonds is 5. The summed E-state index contributed by atoms with van der Waals surface area (Å²) in [7, 11) is 0. The zero-order chi connectivity index (χ0) is 20.3. The van der Waals surface area contributed by atoms with Gasteiger partial charge in [-0.15, -0.1) is 11.3 Å². The minimum Gasteiger partial charge on any atom is -0.331 e. The lowest BCUT2D eigenvalue weighted by atomic mass is 9.75. The number of benzene rings is 1. The molecule has 0 bridgehead atoms. The van der Waals surface area contributed by atoms with Crippen molar-refractivity contribution in [3.05, 3.63) is 53.7 Å². The number of anilines is 3. The Labute approximate surface area is 175 Å². The van der Waals surface area contributed by atoms with Crippen LogP contribution >= 0.6 is 11.3 Å². The first-order valence-corrected chi connectivity index (χ1v) is 11.0. The van der Waals surface area contributed by atoms with Crippen molar-refractivity contribution in [2.45, 2.75) is 46.0 Å². The monoisotopic (exact) mass is 406 g/mol. The van der Waals surface area contributed by atoms with Gasteiger partial charge in [0.05, 0.1) is 5.69 Å². The zero-order valence-corrected chi connectivity index (χ0v) is 17.7. The highest BCUT2D eigenvalue weighted by Gasteiger charge is 2.34. The minimum atomic E-state index is -0.259. The molecule has 4 rings (SSSR count). The van der Waals surface area contributed by atoms with Gasteiger partial charge in [-0.1, -0.05) is 32.3 Å². The highest BCUT2D eigenvalue weighted by Crippen LogP contribution is 2.37. The van der Waals surface area contributed by atoms with Crippen LogP contribution in [0.3, 0.4) is 0 Å². The van der Waals surface area contributed by atoms with Crippen LogP contribution < -0.4 is 10.6 Å². The van der Waals surface area contributed by atoms with Gasteiger partial charge >= 0.3 is 0 Å². The lowest BCUT2D eigenvalue weighted by Crippen LogP contribution is -2.35. The Bertz CT molecular complexity index is 993. The maximum atomic E-state index is 12.9. The second kappa shape index (κ2) is 8.33. The fourth-order valence-electron chi connectivity index (χ4n) is 3.77. The Kier molecular flexibility index (Phi) is 5.62. The average Bonchev–Trinajstić information content (AvgIpc) is 3.20. The molecule has 0 spiro atoms. The van der Waals surface area contributed by atoms with Crippen LogP contribution in [0, 0.1) is 12.3 Å². The normalized spacial score (nSPS) is 15.7. The van der Waals surface area contributed by atoms with Gasteiger partial charge in [0.15, 0.2) is 5.13 Å². The van der Waals surface area contributed by atoms with Crippen molar-refractivity contribution < 1.29 is 4.79 Å². The molecule has 0 radical (unpaired) electrons. The Morgan fingerprint density at radius 2 is 2.00 bits per heavy atom. The SMILES string of the molecule is Cc1ccc(NC(=O)C2(C)CCCCC2)cc1Nc1nc(-c2cccnc2)cs1. The number of pyridine rings is 1. The molecule has 1 fully saturated rings. The molecule has 2 heterocycles. The third-order valence-corrected chi connectivity index (χ3v) is 6.46. The van der Waals surface area contributed by atoms with E-state index in [0.29, 0.717) is 0 Å². The maximum absolute atomic E-state index is 12.9. The topological polar surface area (TPSA) is 66.9 Å². The molecule has 0 saturated heterocycles. The number of hydrogen-bond donors (Lipinski definition) is 2. The number of thiazole rings is 1. The molecule has 29 heavy (non-hydrogen) atoms. The Balaban J connectivity index is 1.49. The van der Waals surface area contributed by atoms with E-state index in [1.807, 2.05) is 48.8 Å². The lowest BCUT2D eigenvalue weighted by Gasteiger charge is -2.32. The van der Waals surface area contributed by atoms with Crippen molar-refractivity contribution >= 4 is 33.8 Å². The molecule has 1 aliphatic rings. The van der Waals surface area contributed by atoms with Crippen LogP contribution in [0.25, 0.3) is 11.3 Å². The third kappa shape index (κ3) is 4.48. The Morgan fingerprint density at radius 1 is 1.17 bits per heavy atom. The number of aromatic nitrogens is 2. The number of aryl methyl sites for hydroxylation is 1. The molecule has 0 unspecified atom stereocenters. The van der Waals surface area contributed by atoms with Gasteiger partial charge in [0.25, 0.3) is 0 Å². The van der Waals surface area contributed by atoms with Crippen LogP contribution in [0.1, 0.15) is 44.6 Å². The molecule has 1 aliphatic carbocycles. The minimum absolute atomic E-state index is 0.125. The predicted octanol–water partition coefficient (Wildman–Crippen LogP) is 6.17. The molecular formula is C23H26N4OS. The number of amides is 1. The fraction of sp³-hybridized carbons (Fsp3) is 0.348. The first-order chi connectivity index (χ1) is 14.0. The average molecular weight is 407 g/mol. The third-order valence-electron chi connectivity index (χ3n) is 5.70. The van der Waals surface area contributed by atoms with Crippen molar-refractivity contribution in [2.24, 2.45) is 5.41 Å². The molecule has 0 aliphatic heterocycles. The molecule has 0 atom stereocenters. The first-order valence-electron chi connectivity index (χ1n) is 10.1. The van der Waals surface area contributed by atoms with Crippen molar-refractivity contribution in [3.63, 3.8) is 0 Å². The lowest BCUT2D eigenvalue weighted by molar-refractivity contribution is -0.126. The van der Waals surface area contributed by atoms with Crippen molar-refractivity contribution in [1.82, 2.24) is 9.97 Å². The van der Waals surface area contributed by atoms with Crippen LogP contribution in [0.4, 0.5) is 16.5 Å². The van der Waals surface area contributed by atoms with Crippen LogP contribution in [-0.2, 0) is 4.79 Å². The summed E-state index contributed by atoms with van der Waals surface area (Å²) in [6.45, 7) is 4.14. The van der Waals surface area contributed by atoms with E-state index < -0.39 is 0 Å². The van der Waals surface area contributed by atoms with Gasteiger partial charge in [0.1, 0.15) is 0 Å². The van der Waals surface area contributed by atoms with Gasteiger partial charge in [-0.05, 0) is 49.6 Å². The molecule has 1 aromatic carbocycles. The van der Waals surface area contributed by atoms with E-state index in [4.69, 9.17) is 0 Å². The van der Waals surface area contributed by atoms with E-state index in [2.05, 4.69) is 27.5 Å². The van der Waals surface area contributed by atoms with Crippen LogP contribution in [0.2, 0.25) is 0 Å². The Hall–Kier alpha value is -2.73. The summed E-state index contributed by atoms with van der Waals surface area (Å²) in [5.74, 6) is 0.125. The zero-order valence-electron chi connectivity index (χ0n) is 16.9.